The summed E-state index contributed by atoms with van der Waals surface area (Å²) in [5.74, 6) is 0.947. The van der Waals surface area contributed by atoms with Crippen LogP contribution in [0.1, 0.15) is 31.9 Å². The summed E-state index contributed by atoms with van der Waals surface area (Å²) in [5.41, 5.74) is 8.86. The summed E-state index contributed by atoms with van der Waals surface area (Å²) in [6.07, 6.45) is 3.45. The first-order valence-electron chi connectivity index (χ1n) is 6.88. The number of hydrogen-bond donors (Lipinski definition) is 1. The van der Waals surface area contributed by atoms with Crippen LogP contribution < -0.4 is 10.5 Å². The van der Waals surface area contributed by atoms with Crippen LogP contribution in [-0.4, -0.2) is 16.4 Å². The molecule has 0 unspecified atom stereocenters. The number of nitrogens with zero attached hydrogens (tertiary/aromatic N) is 2. The molecule has 0 radical (unpaired) electrons. The number of hydrogen-bond acceptors (Lipinski definition) is 3. The van der Waals surface area contributed by atoms with Gasteiger partial charge in [0.25, 0.3) is 0 Å². The van der Waals surface area contributed by atoms with Gasteiger partial charge in [-0.3, -0.25) is 4.68 Å². The van der Waals surface area contributed by atoms with E-state index in [0.29, 0.717) is 18.8 Å². The molecule has 0 aliphatic carbocycles. The fraction of sp³-hybridized carbons (Fsp3) is 0.438. The van der Waals surface area contributed by atoms with Gasteiger partial charge in [0.1, 0.15) is 12.4 Å². The molecule has 0 amide bonds. The van der Waals surface area contributed by atoms with Gasteiger partial charge in [-0.2, -0.15) is 5.10 Å². The van der Waals surface area contributed by atoms with E-state index in [4.69, 9.17) is 10.5 Å². The van der Waals surface area contributed by atoms with Crippen LogP contribution in [0.15, 0.2) is 30.6 Å². The van der Waals surface area contributed by atoms with Gasteiger partial charge in [0, 0.05) is 6.20 Å². The van der Waals surface area contributed by atoms with Gasteiger partial charge in [0.05, 0.1) is 18.4 Å². The average molecular weight is 273 g/mol. The molecule has 1 aromatic heterocycles. The second kappa shape index (κ2) is 5.57. The standard InChI is InChI=1S/C16H23N3O/c1-12-5-6-15(14(9-12)16(2,3)4)20-8-7-19-11-13(17)10-18-19/h5-6,9-11H,7-8,17H2,1-4H3. The van der Waals surface area contributed by atoms with E-state index in [-0.39, 0.29) is 5.41 Å². The van der Waals surface area contributed by atoms with Crippen LogP contribution in [0, 0.1) is 6.92 Å². The van der Waals surface area contributed by atoms with E-state index < -0.39 is 0 Å². The topological polar surface area (TPSA) is 53.1 Å². The van der Waals surface area contributed by atoms with Crippen molar-refractivity contribution in [2.75, 3.05) is 12.3 Å². The Balaban J connectivity index is 2.06. The molecular formula is C16H23N3O. The zero-order chi connectivity index (χ0) is 14.8. The number of rotatable bonds is 4. The first-order valence-corrected chi connectivity index (χ1v) is 6.88. The first-order chi connectivity index (χ1) is 9.36. The summed E-state index contributed by atoms with van der Waals surface area (Å²) in [6, 6.07) is 6.32. The van der Waals surface area contributed by atoms with Crippen LogP contribution in [0.3, 0.4) is 0 Å². The Morgan fingerprint density at radius 3 is 2.65 bits per heavy atom. The molecule has 0 aliphatic heterocycles. The second-order valence-corrected chi connectivity index (χ2v) is 6.13. The van der Waals surface area contributed by atoms with Crippen molar-refractivity contribution < 1.29 is 4.74 Å². The van der Waals surface area contributed by atoms with Crippen molar-refractivity contribution in [2.45, 2.75) is 39.7 Å². The lowest BCUT2D eigenvalue weighted by atomic mass is 9.85. The van der Waals surface area contributed by atoms with Gasteiger partial charge in [0.15, 0.2) is 0 Å². The molecule has 4 nitrogen and oxygen atoms in total. The fourth-order valence-electron chi connectivity index (χ4n) is 2.11. The van der Waals surface area contributed by atoms with Gasteiger partial charge in [-0.05, 0) is 24.0 Å². The number of nitrogens with two attached hydrogens (primary N) is 1. The lowest BCUT2D eigenvalue weighted by Gasteiger charge is -2.23. The molecule has 4 heteroatoms. The molecule has 2 rings (SSSR count). The SMILES string of the molecule is Cc1ccc(OCCn2cc(N)cn2)c(C(C)(C)C)c1. The maximum atomic E-state index is 5.93. The van der Waals surface area contributed by atoms with E-state index in [0.717, 1.165) is 5.75 Å². The Bertz CT molecular complexity index is 582. The van der Waals surface area contributed by atoms with Crippen LogP contribution >= 0.6 is 0 Å². The third-order valence-electron chi connectivity index (χ3n) is 3.17. The Hall–Kier alpha value is -1.97. The molecule has 1 heterocycles. The van der Waals surface area contributed by atoms with E-state index in [1.807, 2.05) is 12.3 Å². The molecular weight excluding hydrogens is 250 g/mol. The zero-order valence-electron chi connectivity index (χ0n) is 12.7. The Morgan fingerprint density at radius 1 is 1.30 bits per heavy atom. The highest BCUT2D eigenvalue weighted by Gasteiger charge is 2.19. The number of benzene rings is 1. The van der Waals surface area contributed by atoms with Gasteiger partial charge in [-0.25, -0.2) is 0 Å². The van der Waals surface area contributed by atoms with Crippen LogP contribution in [0.4, 0.5) is 5.69 Å². The van der Waals surface area contributed by atoms with Gasteiger partial charge >= 0.3 is 0 Å². The van der Waals surface area contributed by atoms with Crippen molar-refractivity contribution in [3.8, 4) is 5.75 Å². The molecule has 0 spiro atoms. The minimum Gasteiger partial charge on any atom is -0.491 e. The highest BCUT2D eigenvalue weighted by molar-refractivity contribution is 5.41. The third kappa shape index (κ3) is 3.53. The van der Waals surface area contributed by atoms with E-state index in [1.165, 1.54) is 11.1 Å². The minimum absolute atomic E-state index is 0.0669. The summed E-state index contributed by atoms with van der Waals surface area (Å²) in [4.78, 5) is 0. The van der Waals surface area contributed by atoms with Gasteiger partial charge in [0.2, 0.25) is 0 Å². The second-order valence-electron chi connectivity index (χ2n) is 6.13. The van der Waals surface area contributed by atoms with Crippen LogP contribution in [-0.2, 0) is 12.0 Å². The predicted molar refractivity (Wildman–Crippen MR) is 82.0 cm³/mol. The highest BCUT2D eigenvalue weighted by atomic mass is 16.5. The summed E-state index contributed by atoms with van der Waals surface area (Å²) in [7, 11) is 0. The smallest absolute Gasteiger partial charge is 0.123 e. The Morgan fingerprint density at radius 2 is 2.05 bits per heavy atom. The average Bonchev–Trinajstić information content (AvgIpc) is 2.76. The number of aryl methyl sites for hydroxylation is 1. The fourth-order valence-corrected chi connectivity index (χ4v) is 2.11. The van der Waals surface area contributed by atoms with E-state index in [1.54, 1.807) is 10.9 Å². The predicted octanol–water partition coefficient (Wildman–Crippen LogP) is 3.15. The third-order valence-corrected chi connectivity index (χ3v) is 3.17. The van der Waals surface area contributed by atoms with Crippen molar-refractivity contribution in [1.29, 1.82) is 0 Å². The molecule has 2 aromatic rings. The molecule has 0 saturated carbocycles. The summed E-state index contributed by atoms with van der Waals surface area (Å²) >= 11 is 0. The lowest BCUT2D eigenvalue weighted by molar-refractivity contribution is 0.284. The van der Waals surface area contributed by atoms with E-state index in [9.17, 15) is 0 Å². The van der Waals surface area contributed by atoms with Gasteiger partial charge in [-0.15, -0.1) is 0 Å². The summed E-state index contributed by atoms with van der Waals surface area (Å²) < 4.78 is 7.72. The quantitative estimate of drug-likeness (QED) is 0.931. The summed E-state index contributed by atoms with van der Waals surface area (Å²) in [5, 5.41) is 4.14. The molecule has 0 bridgehead atoms. The molecule has 0 atom stereocenters. The molecule has 0 saturated heterocycles. The van der Waals surface area contributed by atoms with Crippen LogP contribution in [0.5, 0.6) is 5.75 Å². The Labute approximate surface area is 120 Å². The van der Waals surface area contributed by atoms with Crippen molar-refractivity contribution in [3.63, 3.8) is 0 Å². The zero-order valence-corrected chi connectivity index (χ0v) is 12.7. The van der Waals surface area contributed by atoms with Gasteiger partial charge in [-0.1, -0.05) is 38.5 Å². The largest absolute Gasteiger partial charge is 0.491 e. The number of ether oxygens (including phenoxy) is 1. The van der Waals surface area contributed by atoms with Gasteiger partial charge < -0.3 is 10.5 Å². The molecule has 1 aromatic carbocycles. The molecule has 0 aliphatic rings. The van der Waals surface area contributed by atoms with Crippen molar-refractivity contribution in [1.82, 2.24) is 9.78 Å². The van der Waals surface area contributed by atoms with Crippen molar-refractivity contribution in [3.05, 3.63) is 41.7 Å². The monoisotopic (exact) mass is 273 g/mol. The normalized spacial score (nSPS) is 11.6. The number of anilines is 1. The van der Waals surface area contributed by atoms with Crippen LogP contribution in [0.2, 0.25) is 0 Å². The summed E-state index contributed by atoms with van der Waals surface area (Å²) in [6.45, 7) is 9.96. The lowest BCUT2D eigenvalue weighted by Crippen LogP contribution is -2.15. The Kier molecular flexibility index (Phi) is 4.02. The molecule has 0 fully saturated rings. The highest BCUT2D eigenvalue weighted by Crippen LogP contribution is 2.32. The van der Waals surface area contributed by atoms with Crippen molar-refractivity contribution >= 4 is 5.69 Å². The maximum absolute atomic E-state index is 5.93. The number of aromatic nitrogens is 2. The van der Waals surface area contributed by atoms with E-state index in [2.05, 4.69) is 44.9 Å². The van der Waals surface area contributed by atoms with Crippen molar-refractivity contribution in [2.24, 2.45) is 0 Å². The number of nitrogen functional groups attached to an aromatic ring is 1. The first kappa shape index (κ1) is 14.4. The molecule has 20 heavy (non-hydrogen) atoms. The molecule has 2 N–H and O–H groups in total. The maximum Gasteiger partial charge on any atom is 0.123 e. The minimum atomic E-state index is 0.0669. The van der Waals surface area contributed by atoms with E-state index >= 15 is 0 Å². The van der Waals surface area contributed by atoms with Crippen LogP contribution in [0.25, 0.3) is 0 Å². The molecule has 108 valence electrons.